The van der Waals surface area contributed by atoms with Crippen LogP contribution in [0.3, 0.4) is 0 Å². The Bertz CT molecular complexity index is 551. The third-order valence-electron chi connectivity index (χ3n) is 3.06. The minimum Gasteiger partial charge on any atom is -0.497 e. The highest BCUT2D eigenvalue weighted by atomic mass is 32.1. The molecule has 0 bridgehead atoms. The summed E-state index contributed by atoms with van der Waals surface area (Å²) in [5.41, 5.74) is 1.59. The minimum atomic E-state index is 0.150. The van der Waals surface area contributed by atoms with Crippen molar-refractivity contribution in [1.82, 2.24) is 5.32 Å². The lowest BCUT2D eigenvalue weighted by Gasteiger charge is -2.20. The predicted molar refractivity (Wildman–Crippen MR) is 79.8 cm³/mol. The van der Waals surface area contributed by atoms with Gasteiger partial charge in [0.05, 0.1) is 7.11 Å². The number of ether oxygens (including phenoxy) is 1. The fourth-order valence-electron chi connectivity index (χ4n) is 2.36. The molecule has 0 spiro atoms. The van der Waals surface area contributed by atoms with Crippen LogP contribution in [-0.4, -0.2) is 14.2 Å². The smallest absolute Gasteiger partial charge is 0.119 e. The SMILES string of the molecule is CNCc1sc2ccc(OC)cc2c1C(C)(C)C. The van der Waals surface area contributed by atoms with E-state index in [2.05, 4.69) is 38.2 Å². The Labute approximate surface area is 113 Å². The van der Waals surface area contributed by atoms with E-state index in [1.807, 2.05) is 24.5 Å². The Balaban J connectivity index is 2.70. The number of methoxy groups -OCH3 is 1. The molecule has 98 valence electrons. The summed E-state index contributed by atoms with van der Waals surface area (Å²) < 4.78 is 6.69. The van der Waals surface area contributed by atoms with Crippen molar-refractivity contribution in [2.24, 2.45) is 0 Å². The lowest BCUT2D eigenvalue weighted by molar-refractivity contribution is 0.415. The minimum absolute atomic E-state index is 0.150. The van der Waals surface area contributed by atoms with Crippen molar-refractivity contribution >= 4 is 21.4 Å². The summed E-state index contributed by atoms with van der Waals surface area (Å²) in [6, 6.07) is 6.35. The first-order valence-corrected chi connectivity index (χ1v) is 7.03. The van der Waals surface area contributed by atoms with E-state index in [1.165, 1.54) is 20.5 Å². The van der Waals surface area contributed by atoms with E-state index in [4.69, 9.17) is 4.74 Å². The lowest BCUT2D eigenvalue weighted by atomic mass is 9.85. The summed E-state index contributed by atoms with van der Waals surface area (Å²) >= 11 is 1.88. The molecule has 1 N–H and O–H groups in total. The molecule has 1 aromatic heterocycles. The van der Waals surface area contributed by atoms with Gasteiger partial charge in [-0.1, -0.05) is 20.8 Å². The quantitative estimate of drug-likeness (QED) is 0.906. The van der Waals surface area contributed by atoms with Crippen molar-refractivity contribution in [2.75, 3.05) is 14.2 Å². The van der Waals surface area contributed by atoms with Gasteiger partial charge < -0.3 is 10.1 Å². The molecule has 0 radical (unpaired) electrons. The highest BCUT2D eigenvalue weighted by molar-refractivity contribution is 7.19. The van der Waals surface area contributed by atoms with Crippen LogP contribution in [0.25, 0.3) is 10.1 Å². The lowest BCUT2D eigenvalue weighted by Crippen LogP contribution is -2.15. The molecular weight excluding hydrogens is 242 g/mol. The highest BCUT2D eigenvalue weighted by Crippen LogP contribution is 2.40. The van der Waals surface area contributed by atoms with E-state index in [0.717, 1.165) is 12.3 Å². The normalized spacial score (nSPS) is 12.1. The summed E-state index contributed by atoms with van der Waals surface area (Å²) in [6.07, 6.45) is 0. The Morgan fingerprint density at radius 1 is 1.28 bits per heavy atom. The van der Waals surface area contributed by atoms with Crippen molar-refractivity contribution in [3.63, 3.8) is 0 Å². The predicted octanol–water partition coefficient (Wildman–Crippen LogP) is 3.93. The van der Waals surface area contributed by atoms with Gasteiger partial charge in [-0.3, -0.25) is 0 Å². The number of hydrogen-bond acceptors (Lipinski definition) is 3. The van der Waals surface area contributed by atoms with Gasteiger partial charge in [0.1, 0.15) is 5.75 Å². The Kier molecular flexibility index (Phi) is 3.64. The monoisotopic (exact) mass is 263 g/mol. The molecule has 2 rings (SSSR count). The number of hydrogen-bond donors (Lipinski definition) is 1. The number of fused-ring (bicyclic) bond motifs is 1. The molecule has 3 heteroatoms. The van der Waals surface area contributed by atoms with Gasteiger partial charge in [-0.25, -0.2) is 0 Å². The summed E-state index contributed by atoms with van der Waals surface area (Å²) in [7, 11) is 3.72. The maximum Gasteiger partial charge on any atom is 0.119 e. The molecule has 0 saturated carbocycles. The van der Waals surface area contributed by atoms with E-state index in [1.54, 1.807) is 7.11 Å². The molecule has 1 heterocycles. The van der Waals surface area contributed by atoms with Gasteiger partial charge in [0.2, 0.25) is 0 Å². The fraction of sp³-hybridized carbons (Fsp3) is 0.467. The summed E-state index contributed by atoms with van der Waals surface area (Å²) in [4.78, 5) is 1.42. The zero-order chi connectivity index (χ0) is 13.3. The average molecular weight is 263 g/mol. The second-order valence-electron chi connectivity index (χ2n) is 5.54. The van der Waals surface area contributed by atoms with Gasteiger partial charge in [-0.05, 0) is 36.2 Å². The zero-order valence-corrected chi connectivity index (χ0v) is 12.6. The van der Waals surface area contributed by atoms with Crippen LogP contribution < -0.4 is 10.1 Å². The van der Waals surface area contributed by atoms with E-state index >= 15 is 0 Å². The molecule has 0 aliphatic rings. The van der Waals surface area contributed by atoms with Crippen LogP contribution in [0.15, 0.2) is 18.2 Å². The third-order valence-corrected chi connectivity index (χ3v) is 4.23. The summed E-state index contributed by atoms with van der Waals surface area (Å²) in [5.74, 6) is 0.932. The van der Waals surface area contributed by atoms with Crippen LogP contribution >= 0.6 is 11.3 Å². The van der Waals surface area contributed by atoms with Crippen molar-refractivity contribution in [2.45, 2.75) is 32.7 Å². The van der Waals surface area contributed by atoms with Crippen molar-refractivity contribution in [3.05, 3.63) is 28.6 Å². The zero-order valence-electron chi connectivity index (χ0n) is 11.8. The first-order valence-electron chi connectivity index (χ1n) is 6.22. The third kappa shape index (κ3) is 2.38. The first-order chi connectivity index (χ1) is 8.47. The van der Waals surface area contributed by atoms with Crippen LogP contribution in [0.1, 0.15) is 31.2 Å². The first kappa shape index (κ1) is 13.4. The van der Waals surface area contributed by atoms with Gasteiger partial charge in [0.25, 0.3) is 0 Å². The van der Waals surface area contributed by atoms with Crippen molar-refractivity contribution in [1.29, 1.82) is 0 Å². The van der Waals surface area contributed by atoms with Crippen LogP contribution in [0, 0.1) is 0 Å². The largest absolute Gasteiger partial charge is 0.497 e. The standard InChI is InChI=1S/C15H21NOS/c1-15(2,3)14-11-8-10(17-5)6-7-12(11)18-13(14)9-16-4/h6-8,16H,9H2,1-5H3. The molecular formula is C15H21NOS. The second kappa shape index (κ2) is 4.90. The van der Waals surface area contributed by atoms with Crippen LogP contribution in [-0.2, 0) is 12.0 Å². The summed E-state index contributed by atoms with van der Waals surface area (Å²) in [5, 5.41) is 4.60. The van der Waals surface area contributed by atoms with Gasteiger partial charge in [-0.15, -0.1) is 11.3 Å². The fourth-order valence-corrected chi connectivity index (χ4v) is 3.77. The van der Waals surface area contributed by atoms with Gasteiger partial charge in [0.15, 0.2) is 0 Å². The molecule has 2 nitrogen and oxygen atoms in total. The second-order valence-corrected chi connectivity index (χ2v) is 6.68. The maximum absolute atomic E-state index is 5.35. The molecule has 0 fully saturated rings. The van der Waals surface area contributed by atoms with E-state index in [0.29, 0.717) is 0 Å². The molecule has 0 amide bonds. The topological polar surface area (TPSA) is 21.3 Å². The highest BCUT2D eigenvalue weighted by Gasteiger charge is 2.23. The van der Waals surface area contributed by atoms with E-state index < -0.39 is 0 Å². The number of nitrogens with one attached hydrogen (secondary N) is 1. The van der Waals surface area contributed by atoms with Gasteiger partial charge in [0, 0.05) is 21.5 Å². The molecule has 0 atom stereocenters. The van der Waals surface area contributed by atoms with E-state index in [9.17, 15) is 0 Å². The molecule has 2 aromatic rings. The Morgan fingerprint density at radius 3 is 2.56 bits per heavy atom. The molecule has 0 saturated heterocycles. The van der Waals surface area contributed by atoms with Gasteiger partial charge >= 0.3 is 0 Å². The van der Waals surface area contributed by atoms with Crippen molar-refractivity contribution < 1.29 is 4.74 Å². The molecule has 0 aliphatic heterocycles. The Hall–Kier alpha value is -1.06. The maximum atomic E-state index is 5.35. The number of benzene rings is 1. The van der Waals surface area contributed by atoms with Gasteiger partial charge in [-0.2, -0.15) is 0 Å². The van der Waals surface area contributed by atoms with Crippen molar-refractivity contribution in [3.8, 4) is 5.75 Å². The molecule has 1 aromatic carbocycles. The summed E-state index contributed by atoms with van der Waals surface area (Å²) in [6.45, 7) is 7.74. The average Bonchev–Trinajstić information content (AvgIpc) is 2.65. The number of thiophene rings is 1. The molecule has 0 unspecified atom stereocenters. The number of rotatable bonds is 3. The molecule has 0 aliphatic carbocycles. The van der Waals surface area contributed by atoms with E-state index in [-0.39, 0.29) is 5.41 Å². The van der Waals surface area contributed by atoms with Crippen LogP contribution in [0.2, 0.25) is 0 Å². The van der Waals surface area contributed by atoms with Crippen LogP contribution in [0.5, 0.6) is 5.75 Å². The van der Waals surface area contributed by atoms with Crippen LogP contribution in [0.4, 0.5) is 0 Å². The molecule has 18 heavy (non-hydrogen) atoms. The Morgan fingerprint density at radius 2 is 2.00 bits per heavy atom.